The third-order valence-electron chi connectivity index (χ3n) is 2.75. The SMILES string of the molecule is CC(O)CCN(C)C(=O)C(CN)CC(C)(C)C. The molecule has 0 fully saturated rings. The number of carbonyl (C=O) groups is 1. The van der Waals surface area contributed by atoms with Crippen LogP contribution in [0.2, 0.25) is 0 Å². The van der Waals surface area contributed by atoms with Crippen LogP contribution >= 0.6 is 0 Å². The van der Waals surface area contributed by atoms with Crippen molar-refractivity contribution >= 4 is 5.91 Å². The van der Waals surface area contributed by atoms with Gasteiger partial charge in [-0.2, -0.15) is 0 Å². The molecule has 0 aromatic rings. The van der Waals surface area contributed by atoms with Crippen molar-refractivity contribution < 1.29 is 9.90 Å². The Morgan fingerprint density at radius 2 is 1.94 bits per heavy atom. The van der Waals surface area contributed by atoms with Crippen molar-refractivity contribution in [1.29, 1.82) is 0 Å². The average molecular weight is 244 g/mol. The minimum atomic E-state index is -0.371. The first kappa shape index (κ1) is 16.4. The summed E-state index contributed by atoms with van der Waals surface area (Å²) < 4.78 is 0. The van der Waals surface area contributed by atoms with E-state index in [1.807, 2.05) is 0 Å². The van der Waals surface area contributed by atoms with Crippen LogP contribution in [-0.2, 0) is 4.79 Å². The van der Waals surface area contributed by atoms with E-state index in [0.717, 1.165) is 6.42 Å². The van der Waals surface area contributed by atoms with Crippen LogP contribution < -0.4 is 5.73 Å². The molecule has 0 saturated carbocycles. The Balaban J connectivity index is 4.33. The lowest BCUT2D eigenvalue weighted by Crippen LogP contribution is -2.39. The fourth-order valence-electron chi connectivity index (χ4n) is 1.81. The lowest BCUT2D eigenvalue weighted by Gasteiger charge is -2.28. The van der Waals surface area contributed by atoms with E-state index in [-0.39, 0.29) is 23.3 Å². The molecule has 0 bridgehead atoms. The van der Waals surface area contributed by atoms with Gasteiger partial charge in [-0.3, -0.25) is 4.79 Å². The van der Waals surface area contributed by atoms with Gasteiger partial charge in [0.15, 0.2) is 0 Å². The number of amides is 1. The lowest BCUT2D eigenvalue weighted by atomic mass is 9.84. The summed E-state index contributed by atoms with van der Waals surface area (Å²) in [5.41, 5.74) is 5.78. The van der Waals surface area contributed by atoms with E-state index in [1.165, 1.54) is 0 Å². The fourth-order valence-corrected chi connectivity index (χ4v) is 1.81. The molecule has 1 amide bonds. The van der Waals surface area contributed by atoms with E-state index in [4.69, 9.17) is 5.73 Å². The molecule has 0 aliphatic carbocycles. The predicted molar refractivity (Wildman–Crippen MR) is 70.6 cm³/mol. The van der Waals surface area contributed by atoms with E-state index in [0.29, 0.717) is 19.5 Å². The number of aliphatic hydroxyl groups is 1. The second-order valence-corrected chi connectivity index (χ2v) is 6.09. The number of aliphatic hydroxyl groups excluding tert-OH is 1. The third-order valence-corrected chi connectivity index (χ3v) is 2.75. The van der Waals surface area contributed by atoms with Crippen molar-refractivity contribution in [2.45, 2.75) is 46.6 Å². The first-order valence-electron chi connectivity index (χ1n) is 6.30. The molecule has 0 spiro atoms. The van der Waals surface area contributed by atoms with Gasteiger partial charge in [0, 0.05) is 20.1 Å². The summed E-state index contributed by atoms with van der Waals surface area (Å²) in [4.78, 5) is 13.8. The van der Waals surface area contributed by atoms with Crippen molar-refractivity contribution in [1.82, 2.24) is 4.90 Å². The zero-order chi connectivity index (χ0) is 13.6. The maximum absolute atomic E-state index is 12.1. The van der Waals surface area contributed by atoms with Crippen molar-refractivity contribution in [3.8, 4) is 0 Å². The normalized spacial score (nSPS) is 15.5. The molecule has 0 saturated heterocycles. The molecule has 4 heteroatoms. The molecule has 0 rings (SSSR count). The molecular formula is C13H28N2O2. The van der Waals surface area contributed by atoms with E-state index in [9.17, 15) is 9.90 Å². The summed E-state index contributed by atoms with van der Waals surface area (Å²) in [5.74, 6) is -0.0305. The molecule has 2 atom stereocenters. The molecule has 17 heavy (non-hydrogen) atoms. The van der Waals surface area contributed by atoms with Crippen LogP contribution in [0, 0.1) is 11.3 Å². The summed E-state index contributed by atoms with van der Waals surface area (Å²) in [7, 11) is 1.77. The Morgan fingerprint density at radius 3 is 2.29 bits per heavy atom. The Labute approximate surface area is 105 Å². The van der Waals surface area contributed by atoms with Crippen molar-refractivity contribution in [3.05, 3.63) is 0 Å². The average Bonchev–Trinajstić information content (AvgIpc) is 2.20. The highest BCUT2D eigenvalue weighted by molar-refractivity contribution is 5.78. The Hall–Kier alpha value is -0.610. The number of nitrogens with zero attached hydrogens (tertiary/aromatic N) is 1. The van der Waals surface area contributed by atoms with E-state index in [2.05, 4.69) is 20.8 Å². The smallest absolute Gasteiger partial charge is 0.226 e. The number of hydrogen-bond donors (Lipinski definition) is 2. The van der Waals surface area contributed by atoms with Gasteiger partial charge < -0.3 is 15.7 Å². The molecule has 0 aliphatic rings. The number of carbonyl (C=O) groups excluding carboxylic acids is 1. The zero-order valence-corrected chi connectivity index (χ0v) is 11.9. The van der Waals surface area contributed by atoms with E-state index >= 15 is 0 Å². The van der Waals surface area contributed by atoms with Crippen molar-refractivity contribution in [2.75, 3.05) is 20.1 Å². The van der Waals surface area contributed by atoms with Crippen LogP contribution in [0.5, 0.6) is 0 Å². The van der Waals surface area contributed by atoms with Crippen LogP contribution in [0.25, 0.3) is 0 Å². The summed E-state index contributed by atoms with van der Waals surface area (Å²) in [6.07, 6.45) is 1.03. The molecule has 102 valence electrons. The maximum Gasteiger partial charge on any atom is 0.226 e. The second kappa shape index (κ2) is 6.97. The third kappa shape index (κ3) is 7.34. The van der Waals surface area contributed by atoms with Crippen molar-refractivity contribution in [3.63, 3.8) is 0 Å². The zero-order valence-electron chi connectivity index (χ0n) is 11.9. The number of rotatable bonds is 6. The Bertz CT molecular complexity index is 234. The van der Waals surface area contributed by atoms with E-state index in [1.54, 1.807) is 18.9 Å². The minimum absolute atomic E-state index is 0.0862. The number of nitrogens with two attached hydrogens (primary N) is 1. The van der Waals surface area contributed by atoms with Gasteiger partial charge in [-0.15, -0.1) is 0 Å². The van der Waals surface area contributed by atoms with Gasteiger partial charge in [-0.25, -0.2) is 0 Å². The second-order valence-electron chi connectivity index (χ2n) is 6.09. The molecule has 0 aliphatic heterocycles. The van der Waals surface area contributed by atoms with Crippen LogP contribution in [0.3, 0.4) is 0 Å². The highest BCUT2D eigenvalue weighted by Crippen LogP contribution is 2.24. The topological polar surface area (TPSA) is 66.6 Å². The highest BCUT2D eigenvalue weighted by Gasteiger charge is 2.25. The Kier molecular flexibility index (Phi) is 6.72. The molecule has 4 nitrogen and oxygen atoms in total. The predicted octanol–water partition coefficient (Wildman–Crippen LogP) is 1.23. The standard InChI is InChI=1S/C13H28N2O2/c1-10(16)6-7-15(5)12(17)11(9-14)8-13(2,3)4/h10-11,16H,6-9,14H2,1-5H3. The first-order valence-corrected chi connectivity index (χ1v) is 6.30. The summed E-state index contributed by atoms with van der Waals surface area (Å²) in [5, 5.41) is 9.20. The molecular weight excluding hydrogens is 216 g/mol. The van der Waals surface area contributed by atoms with Gasteiger partial charge in [-0.1, -0.05) is 20.8 Å². The van der Waals surface area contributed by atoms with Gasteiger partial charge in [0.25, 0.3) is 0 Å². The van der Waals surface area contributed by atoms with Gasteiger partial charge >= 0.3 is 0 Å². The van der Waals surface area contributed by atoms with Gasteiger partial charge in [-0.05, 0) is 25.2 Å². The summed E-state index contributed by atoms with van der Waals surface area (Å²) in [6, 6.07) is 0. The van der Waals surface area contributed by atoms with Crippen LogP contribution in [0.15, 0.2) is 0 Å². The van der Waals surface area contributed by atoms with Crippen LogP contribution in [0.4, 0.5) is 0 Å². The summed E-state index contributed by atoms with van der Waals surface area (Å²) >= 11 is 0. The molecule has 0 radical (unpaired) electrons. The monoisotopic (exact) mass is 244 g/mol. The maximum atomic E-state index is 12.1. The Morgan fingerprint density at radius 1 is 1.41 bits per heavy atom. The quantitative estimate of drug-likeness (QED) is 0.738. The van der Waals surface area contributed by atoms with E-state index < -0.39 is 0 Å². The van der Waals surface area contributed by atoms with Crippen LogP contribution in [-0.4, -0.2) is 42.2 Å². The molecule has 0 heterocycles. The molecule has 3 N–H and O–H groups in total. The van der Waals surface area contributed by atoms with Gasteiger partial charge in [0.2, 0.25) is 5.91 Å². The summed E-state index contributed by atoms with van der Waals surface area (Å²) in [6.45, 7) is 9.02. The fraction of sp³-hybridized carbons (Fsp3) is 0.923. The molecule has 2 unspecified atom stereocenters. The van der Waals surface area contributed by atoms with Crippen molar-refractivity contribution in [2.24, 2.45) is 17.1 Å². The first-order chi connectivity index (χ1) is 7.67. The largest absolute Gasteiger partial charge is 0.393 e. The minimum Gasteiger partial charge on any atom is -0.393 e. The lowest BCUT2D eigenvalue weighted by molar-refractivity contribution is -0.135. The molecule has 0 aromatic carbocycles. The highest BCUT2D eigenvalue weighted by atomic mass is 16.3. The number of hydrogen-bond acceptors (Lipinski definition) is 3. The molecule has 0 aromatic heterocycles. The van der Waals surface area contributed by atoms with Gasteiger partial charge in [0.05, 0.1) is 12.0 Å². The van der Waals surface area contributed by atoms with Crippen LogP contribution in [0.1, 0.15) is 40.5 Å². The van der Waals surface area contributed by atoms with Gasteiger partial charge in [0.1, 0.15) is 0 Å².